The Morgan fingerprint density at radius 2 is 2.04 bits per heavy atom. The monoisotopic (exact) mass is 390 g/mol. The largest absolute Gasteiger partial charge is 0.496 e. The van der Waals surface area contributed by atoms with Gasteiger partial charge in [-0.3, -0.25) is 0 Å². The summed E-state index contributed by atoms with van der Waals surface area (Å²) in [4.78, 5) is 0. The summed E-state index contributed by atoms with van der Waals surface area (Å²) in [6, 6.07) is 13.3. The molecule has 3 aromatic rings. The third-order valence-corrected chi connectivity index (χ3v) is 4.33. The first-order chi connectivity index (χ1) is 12.6. The molecule has 2 N–H and O–H groups in total. The van der Waals surface area contributed by atoms with Crippen LogP contribution in [0, 0.1) is 4.77 Å². The van der Waals surface area contributed by atoms with Crippen LogP contribution in [-0.4, -0.2) is 28.6 Å². The zero-order valence-electron chi connectivity index (χ0n) is 14.5. The molecule has 0 aliphatic carbocycles. The quantitative estimate of drug-likeness (QED) is 0.585. The average Bonchev–Trinajstić information content (AvgIpc) is 3.02. The molecule has 0 aliphatic rings. The van der Waals surface area contributed by atoms with E-state index in [2.05, 4.69) is 15.6 Å². The lowest BCUT2D eigenvalue weighted by atomic mass is 10.2. The normalized spacial score (nSPS) is 10.6. The maximum absolute atomic E-state index is 6.25. The summed E-state index contributed by atoms with van der Waals surface area (Å²) >= 11 is 11.6. The molecule has 1 aromatic heterocycles. The highest BCUT2D eigenvalue weighted by molar-refractivity contribution is 7.71. The molecule has 8 heteroatoms. The first-order valence-electron chi connectivity index (χ1n) is 8.10. The Labute approximate surface area is 161 Å². The van der Waals surface area contributed by atoms with Gasteiger partial charge in [0.15, 0.2) is 5.82 Å². The minimum Gasteiger partial charge on any atom is -0.496 e. The Morgan fingerprint density at radius 1 is 1.23 bits per heavy atom. The molecule has 0 radical (unpaired) electrons. The van der Waals surface area contributed by atoms with Gasteiger partial charge >= 0.3 is 0 Å². The van der Waals surface area contributed by atoms with Gasteiger partial charge < -0.3 is 14.9 Å². The number of rotatable bonds is 7. The first kappa shape index (κ1) is 18.3. The van der Waals surface area contributed by atoms with Gasteiger partial charge in [-0.15, -0.1) is 0 Å². The van der Waals surface area contributed by atoms with Crippen LogP contribution in [0.2, 0.25) is 5.02 Å². The lowest BCUT2D eigenvalue weighted by Gasteiger charge is -2.13. The Bertz CT molecular complexity index is 954. The second-order valence-corrected chi connectivity index (χ2v) is 6.21. The van der Waals surface area contributed by atoms with Crippen LogP contribution in [-0.2, 0) is 6.54 Å². The molecule has 0 saturated heterocycles. The number of hydrogen-bond donors (Lipinski definition) is 2. The summed E-state index contributed by atoms with van der Waals surface area (Å²) in [7, 11) is 1.62. The van der Waals surface area contributed by atoms with Crippen LogP contribution < -0.4 is 14.9 Å². The number of aromatic amines is 1. The molecule has 1 heterocycles. The van der Waals surface area contributed by atoms with Crippen molar-refractivity contribution in [2.24, 2.45) is 0 Å². The Morgan fingerprint density at radius 3 is 2.77 bits per heavy atom. The molecular formula is C18H19ClN4O2S. The van der Waals surface area contributed by atoms with Crippen molar-refractivity contribution in [1.82, 2.24) is 14.9 Å². The predicted molar refractivity (Wildman–Crippen MR) is 105 cm³/mol. The van der Waals surface area contributed by atoms with Gasteiger partial charge in [-0.1, -0.05) is 29.8 Å². The molecule has 0 atom stereocenters. The number of methoxy groups -OCH3 is 1. The number of aromatic nitrogens is 3. The minimum absolute atomic E-state index is 0.461. The van der Waals surface area contributed by atoms with E-state index in [9.17, 15) is 0 Å². The zero-order chi connectivity index (χ0) is 18.5. The van der Waals surface area contributed by atoms with Crippen LogP contribution in [0.15, 0.2) is 42.5 Å². The smallest absolute Gasteiger partial charge is 0.214 e. The predicted octanol–water partition coefficient (Wildman–Crippen LogP) is 4.41. The van der Waals surface area contributed by atoms with Crippen molar-refractivity contribution in [2.75, 3.05) is 19.1 Å². The van der Waals surface area contributed by atoms with Crippen LogP contribution in [0.1, 0.15) is 12.5 Å². The van der Waals surface area contributed by atoms with Gasteiger partial charge in [0, 0.05) is 0 Å². The number of ether oxygens (including phenoxy) is 2. The number of benzene rings is 2. The molecule has 2 aromatic carbocycles. The summed E-state index contributed by atoms with van der Waals surface area (Å²) in [5, 5.41) is 7.71. The molecule has 0 saturated carbocycles. The summed E-state index contributed by atoms with van der Waals surface area (Å²) in [5.41, 5.74) is 5.10. The lowest BCUT2D eigenvalue weighted by molar-refractivity contribution is 0.340. The molecule has 3 rings (SSSR count). The van der Waals surface area contributed by atoms with Crippen molar-refractivity contribution in [1.29, 1.82) is 0 Å². The van der Waals surface area contributed by atoms with Gasteiger partial charge in [-0.25, -0.2) is 9.77 Å². The molecule has 26 heavy (non-hydrogen) atoms. The number of para-hydroxylation sites is 1. The van der Waals surface area contributed by atoms with Gasteiger partial charge in [0.1, 0.15) is 11.5 Å². The number of H-pyrrole nitrogens is 1. The topological polar surface area (TPSA) is 64.1 Å². The average molecular weight is 391 g/mol. The van der Waals surface area contributed by atoms with Crippen LogP contribution >= 0.6 is 23.8 Å². The van der Waals surface area contributed by atoms with Gasteiger partial charge in [0.05, 0.1) is 30.8 Å². The highest BCUT2D eigenvalue weighted by atomic mass is 35.5. The molecule has 0 spiro atoms. The van der Waals surface area contributed by atoms with Crippen LogP contribution in [0.3, 0.4) is 0 Å². The van der Waals surface area contributed by atoms with E-state index in [1.807, 2.05) is 49.4 Å². The van der Waals surface area contributed by atoms with E-state index >= 15 is 0 Å². The molecule has 0 fully saturated rings. The fraction of sp³-hybridized carbons (Fsp3) is 0.222. The van der Waals surface area contributed by atoms with Gasteiger partial charge in [-0.2, -0.15) is 5.10 Å². The highest BCUT2D eigenvalue weighted by Gasteiger charge is 2.13. The van der Waals surface area contributed by atoms with E-state index in [1.54, 1.807) is 11.8 Å². The van der Waals surface area contributed by atoms with Gasteiger partial charge in [0.25, 0.3) is 0 Å². The van der Waals surface area contributed by atoms with Crippen molar-refractivity contribution >= 4 is 23.8 Å². The maximum Gasteiger partial charge on any atom is 0.214 e. The summed E-state index contributed by atoms with van der Waals surface area (Å²) in [5.74, 6) is 2.03. The fourth-order valence-electron chi connectivity index (χ4n) is 2.55. The molecular weight excluding hydrogens is 372 g/mol. The van der Waals surface area contributed by atoms with Crippen molar-refractivity contribution in [3.8, 4) is 22.9 Å². The highest BCUT2D eigenvalue weighted by Crippen LogP contribution is 2.28. The number of hydrogen-bond acceptors (Lipinski definition) is 5. The summed E-state index contributed by atoms with van der Waals surface area (Å²) in [6.07, 6.45) is 0. The SMILES string of the molecule is CCOc1ccc(CNn2c(-c3ccccc3OC)n[nH]c2=S)cc1Cl. The van der Waals surface area contributed by atoms with Crippen molar-refractivity contribution in [3.63, 3.8) is 0 Å². The third kappa shape index (κ3) is 3.84. The van der Waals surface area contributed by atoms with E-state index in [-0.39, 0.29) is 0 Å². The standard InChI is InChI=1S/C18H19ClN4O2S/c1-3-25-16-9-8-12(10-14(16)19)11-20-23-17(21-22-18(23)26)13-6-4-5-7-15(13)24-2/h4-10,20H,3,11H2,1-2H3,(H,22,26). The minimum atomic E-state index is 0.461. The second-order valence-electron chi connectivity index (χ2n) is 5.42. The Kier molecular flexibility index (Phi) is 5.80. The van der Waals surface area contributed by atoms with Crippen molar-refractivity contribution in [3.05, 3.63) is 57.8 Å². The van der Waals surface area contributed by atoms with Crippen molar-refractivity contribution < 1.29 is 9.47 Å². The molecule has 0 bridgehead atoms. The number of nitrogens with one attached hydrogen (secondary N) is 2. The first-order valence-corrected chi connectivity index (χ1v) is 8.88. The molecule has 0 amide bonds. The van der Waals surface area contributed by atoms with Crippen LogP contribution in [0.5, 0.6) is 11.5 Å². The van der Waals surface area contributed by atoms with Crippen LogP contribution in [0.4, 0.5) is 0 Å². The number of halogens is 1. The number of nitrogens with zero attached hydrogens (tertiary/aromatic N) is 2. The Hall–Kier alpha value is -2.51. The fourth-order valence-corrected chi connectivity index (χ4v) is 3.01. The molecule has 0 unspecified atom stereocenters. The third-order valence-electron chi connectivity index (χ3n) is 3.76. The summed E-state index contributed by atoms with van der Waals surface area (Å²) in [6.45, 7) is 3.01. The second kappa shape index (κ2) is 8.25. The Balaban J connectivity index is 1.84. The van der Waals surface area contributed by atoms with E-state index < -0.39 is 0 Å². The lowest BCUT2D eigenvalue weighted by Crippen LogP contribution is -2.16. The molecule has 136 valence electrons. The molecule has 0 aliphatic heterocycles. The van der Waals surface area contributed by atoms with E-state index in [0.29, 0.717) is 40.3 Å². The molecule has 6 nitrogen and oxygen atoms in total. The van der Waals surface area contributed by atoms with E-state index in [4.69, 9.17) is 33.3 Å². The van der Waals surface area contributed by atoms with E-state index in [0.717, 1.165) is 11.1 Å². The van der Waals surface area contributed by atoms with E-state index in [1.165, 1.54) is 0 Å². The van der Waals surface area contributed by atoms with Crippen molar-refractivity contribution in [2.45, 2.75) is 13.5 Å². The van der Waals surface area contributed by atoms with Crippen LogP contribution in [0.25, 0.3) is 11.4 Å². The van der Waals surface area contributed by atoms with Gasteiger partial charge in [0.2, 0.25) is 4.77 Å². The van der Waals surface area contributed by atoms with Gasteiger partial charge in [-0.05, 0) is 49.0 Å². The maximum atomic E-state index is 6.25. The summed E-state index contributed by atoms with van der Waals surface area (Å²) < 4.78 is 13.1. The zero-order valence-corrected chi connectivity index (χ0v) is 16.0.